The van der Waals surface area contributed by atoms with Gasteiger partial charge in [-0.25, -0.2) is 9.97 Å². The molecule has 0 saturated carbocycles. The van der Waals surface area contributed by atoms with Crippen molar-refractivity contribution < 1.29 is 14.3 Å². The van der Waals surface area contributed by atoms with E-state index in [1.807, 2.05) is 30.3 Å². The van der Waals surface area contributed by atoms with Gasteiger partial charge in [-0.1, -0.05) is 17.7 Å². The van der Waals surface area contributed by atoms with Crippen LogP contribution in [0.1, 0.15) is 10.4 Å². The molecule has 0 N–H and O–H groups in total. The number of hydrogen-bond acceptors (Lipinski definition) is 5. The lowest BCUT2D eigenvalue weighted by atomic mass is 10.1. The number of carbonyl (C=O) groups is 1. The molecule has 0 amide bonds. The number of halogens is 1. The molecule has 28 heavy (non-hydrogen) atoms. The molecule has 140 valence electrons. The van der Waals surface area contributed by atoms with Gasteiger partial charge in [0.2, 0.25) is 0 Å². The van der Waals surface area contributed by atoms with Crippen molar-refractivity contribution in [3.05, 3.63) is 71.8 Å². The highest BCUT2D eigenvalue weighted by Gasteiger charge is 2.20. The maximum Gasteiger partial charge on any atom is 0.266 e. The summed E-state index contributed by atoms with van der Waals surface area (Å²) in [4.78, 5) is 21.5. The highest BCUT2D eigenvalue weighted by atomic mass is 35.5. The topological polar surface area (TPSA) is 66.2 Å². The molecule has 0 saturated heterocycles. The van der Waals surface area contributed by atoms with Crippen LogP contribution in [0.15, 0.2) is 61.1 Å². The van der Waals surface area contributed by atoms with E-state index < -0.39 is 0 Å². The third-order valence-corrected chi connectivity index (χ3v) is 4.77. The number of pyridine rings is 2. The monoisotopic (exact) mass is 393 g/mol. The lowest BCUT2D eigenvalue weighted by Crippen LogP contribution is -2.12. The number of aromatic nitrogens is 3. The quantitative estimate of drug-likeness (QED) is 0.479. The molecule has 6 nitrogen and oxygen atoms in total. The zero-order valence-corrected chi connectivity index (χ0v) is 16.0. The van der Waals surface area contributed by atoms with E-state index in [1.54, 1.807) is 44.9 Å². The summed E-state index contributed by atoms with van der Waals surface area (Å²) in [5.74, 6) is 0.936. The number of hydrogen-bond donors (Lipinski definition) is 0. The second-order valence-corrected chi connectivity index (χ2v) is 6.36. The van der Waals surface area contributed by atoms with Crippen molar-refractivity contribution in [2.75, 3.05) is 14.2 Å². The van der Waals surface area contributed by atoms with E-state index >= 15 is 0 Å². The summed E-state index contributed by atoms with van der Waals surface area (Å²) < 4.78 is 12.2. The third-order valence-electron chi connectivity index (χ3n) is 4.47. The zero-order chi connectivity index (χ0) is 19.7. The van der Waals surface area contributed by atoms with E-state index in [0.717, 1.165) is 16.5 Å². The molecule has 0 aliphatic carbocycles. The summed E-state index contributed by atoms with van der Waals surface area (Å²) in [6.45, 7) is 0. The van der Waals surface area contributed by atoms with Gasteiger partial charge in [0.1, 0.15) is 10.8 Å². The van der Waals surface area contributed by atoms with Gasteiger partial charge < -0.3 is 9.47 Å². The van der Waals surface area contributed by atoms with Crippen LogP contribution < -0.4 is 9.47 Å². The second kappa shape index (κ2) is 7.32. The molecule has 0 spiro atoms. The van der Waals surface area contributed by atoms with Crippen molar-refractivity contribution in [3.8, 4) is 22.6 Å². The predicted octanol–water partition coefficient (Wildman–Crippen LogP) is 4.46. The second-order valence-electron chi connectivity index (χ2n) is 6.00. The Morgan fingerprint density at radius 2 is 1.75 bits per heavy atom. The molecule has 4 aromatic rings. The molecule has 0 aliphatic rings. The molecule has 3 heterocycles. The molecule has 0 fully saturated rings. The molecule has 4 rings (SSSR count). The Balaban J connectivity index is 1.91. The SMILES string of the molecule is COc1ccc(-c2cn(C(=O)c3cccnc3Cl)c3ncccc23)cc1OC. The number of fused-ring (bicyclic) bond motifs is 1. The van der Waals surface area contributed by atoms with Gasteiger partial charge in [-0.3, -0.25) is 9.36 Å². The van der Waals surface area contributed by atoms with Crippen molar-refractivity contribution >= 4 is 28.5 Å². The number of ether oxygens (including phenoxy) is 2. The van der Waals surface area contributed by atoms with Crippen molar-refractivity contribution in [1.29, 1.82) is 0 Å². The number of methoxy groups -OCH3 is 2. The molecule has 0 bridgehead atoms. The molecule has 0 aliphatic heterocycles. The van der Waals surface area contributed by atoms with Crippen LogP contribution in [-0.2, 0) is 0 Å². The molecular formula is C21H16ClN3O3. The number of rotatable bonds is 4. The van der Waals surface area contributed by atoms with Crippen molar-refractivity contribution in [3.63, 3.8) is 0 Å². The van der Waals surface area contributed by atoms with E-state index in [1.165, 1.54) is 4.57 Å². The van der Waals surface area contributed by atoms with Gasteiger partial charge in [-0.05, 0) is 42.0 Å². The van der Waals surface area contributed by atoms with E-state index in [9.17, 15) is 4.79 Å². The molecule has 7 heteroatoms. The molecule has 3 aromatic heterocycles. The van der Waals surface area contributed by atoms with E-state index in [4.69, 9.17) is 21.1 Å². The lowest BCUT2D eigenvalue weighted by molar-refractivity contribution is 0.0964. The van der Waals surface area contributed by atoms with Gasteiger partial charge in [-0.15, -0.1) is 0 Å². The fourth-order valence-electron chi connectivity index (χ4n) is 3.12. The molecule has 0 atom stereocenters. The van der Waals surface area contributed by atoms with E-state index in [0.29, 0.717) is 22.7 Å². The lowest BCUT2D eigenvalue weighted by Gasteiger charge is -2.09. The van der Waals surface area contributed by atoms with Crippen LogP contribution in [0.5, 0.6) is 11.5 Å². The maximum atomic E-state index is 13.1. The molecule has 0 radical (unpaired) electrons. The van der Waals surface area contributed by atoms with Crippen molar-refractivity contribution in [1.82, 2.24) is 14.5 Å². The minimum atomic E-state index is -0.298. The molecular weight excluding hydrogens is 378 g/mol. The summed E-state index contributed by atoms with van der Waals surface area (Å²) in [5, 5.41) is 0.987. The van der Waals surface area contributed by atoms with E-state index in [-0.39, 0.29) is 11.1 Å². The van der Waals surface area contributed by atoms with Crippen LogP contribution in [0.4, 0.5) is 0 Å². The summed E-state index contributed by atoms with van der Waals surface area (Å²) in [6, 6.07) is 12.7. The van der Waals surface area contributed by atoms with Crippen LogP contribution in [0.25, 0.3) is 22.2 Å². The van der Waals surface area contributed by atoms with Gasteiger partial charge in [0.05, 0.1) is 19.8 Å². The minimum Gasteiger partial charge on any atom is -0.493 e. The Hall–Kier alpha value is -3.38. The normalized spacial score (nSPS) is 10.8. The van der Waals surface area contributed by atoms with Crippen LogP contribution in [0, 0.1) is 0 Å². The fraction of sp³-hybridized carbons (Fsp3) is 0.0952. The van der Waals surface area contributed by atoms with E-state index in [2.05, 4.69) is 9.97 Å². The largest absolute Gasteiger partial charge is 0.493 e. The van der Waals surface area contributed by atoms with Crippen LogP contribution in [0.3, 0.4) is 0 Å². The van der Waals surface area contributed by atoms with Crippen molar-refractivity contribution in [2.24, 2.45) is 0 Å². The zero-order valence-electron chi connectivity index (χ0n) is 15.2. The van der Waals surface area contributed by atoms with Crippen LogP contribution in [-0.4, -0.2) is 34.7 Å². The smallest absolute Gasteiger partial charge is 0.266 e. The Morgan fingerprint density at radius 1 is 1.00 bits per heavy atom. The Kier molecular flexibility index (Phi) is 4.71. The predicted molar refractivity (Wildman–Crippen MR) is 107 cm³/mol. The third kappa shape index (κ3) is 2.97. The summed E-state index contributed by atoms with van der Waals surface area (Å²) in [7, 11) is 3.17. The first kappa shape index (κ1) is 18.0. The first-order valence-electron chi connectivity index (χ1n) is 8.47. The standard InChI is InChI=1S/C21H16ClN3O3/c1-27-17-8-7-13(11-18(17)28-2)16-12-25(20-14(16)5-3-10-24-20)21(26)15-6-4-9-23-19(15)22/h3-12H,1-2H3. The van der Waals surface area contributed by atoms with Crippen molar-refractivity contribution in [2.45, 2.75) is 0 Å². The highest BCUT2D eigenvalue weighted by molar-refractivity contribution is 6.32. The maximum absolute atomic E-state index is 13.1. The van der Waals surface area contributed by atoms with Gasteiger partial charge in [0.25, 0.3) is 5.91 Å². The van der Waals surface area contributed by atoms with Crippen LogP contribution in [0.2, 0.25) is 5.15 Å². The molecule has 0 unspecified atom stereocenters. The number of nitrogens with zero attached hydrogens (tertiary/aromatic N) is 3. The Labute approximate surface area is 166 Å². The van der Waals surface area contributed by atoms with Gasteiger partial charge in [0.15, 0.2) is 11.5 Å². The summed E-state index contributed by atoms with van der Waals surface area (Å²) in [6.07, 6.45) is 4.94. The van der Waals surface area contributed by atoms with Crippen LogP contribution >= 0.6 is 11.6 Å². The Morgan fingerprint density at radius 3 is 2.50 bits per heavy atom. The molecule has 1 aromatic carbocycles. The number of benzene rings is 1. The highest BCUT2D eigenvalue weighted by Crippen LogP contribution is 2.36. The first-order valence-corrected chi connectivity index (χ1v) is 8.85. The van der Waals surface area contributed by atoms with Gasteiger partial charge in [0, 0.05) is 29.5 Å². The fourth-order valence-corrected chi connectivity index (χ4v) is 3.32. The van der Waals surface area contributed by atoms with Gasteiger partial charge in [-0.2, -0.15) is 0 Å². The first-order chi connectivity index (χ1) is 13.6. The summed E-state index contributed by atoms with van der Waals surface area (Å²) in [5.41, 5.74) is 2.57. The Bertz CT molecular complexity index is 1190. The van der Waals surface area contributed by atoms with Gasteiger partial charge >= 0.3 is 0 Å². The average molecular weight is 394 g/mol. The summed E-state index contributed by atoms with van der Waals surface area (Å²) >= 11 is 6.12. The number of carbonyl (C=O) groups excluding carboxylic acids is 1. The minimum absolute atomic E-state index is 0.151. The average Bonchev–Trinajstić information content (AvgIpc) is 3.13.